The van der Waals surface area contributed by atoms with E-state index in [0.717, 1.165) is 78.5 Å². The molecule has 0 amide bonds. The van der Waals surface area contributed by atoms with Crippen LogP contribution in [0.25, 0.3) is 0 Å². The minimum absolute atomic E-state index is 0.356. The highest BCUT2D eigenvalue weighted by atomic mass is 16.5. The predicted molar refractivity (Wildman–Crippen MR) is 234 cm³/mol. The summed E-state index contributed by atoms with van der Waals surface area (Å²) in [5.41, 5.74) is 0. The van der Waals surface area contributed by atoms with Gasteiger partial charge in [-0.3, -0.25) is 9.80 Å². The lowest BCUT2D eigenvalue weighted by molar-refractivity contribution is -0.0142. The molecule has 0 saturated carbocycles. The highest BCUT2D eigenvalue weighted by molar-refractivity contribution is 4.93. The highest BCUT2D eigenvalue weighted by Crippen LogP contribution is 2.13. The van der Waals surface area contributed by atoms with Crippen LogP contribution in [-0.2, 0) is 16.0 Å². The third-order valence-electron chi connectivity index (χ3n) is 10.8. The second kappa shape index (κ2) is 37.9. The summed E-state index contributed by atoms with van der Waals surface area (Å²) in [5, 5.41) is 0. The van der Waals surface area contributed by atoms with Gasteiger partial charge < -0.3 is 14.0 Å². The van der Waals surface area contributed by atoms with E-state index >= 15 is 0 Å². The standard InChI is InChI=1S/C48H86N4O2/c1-3-5-7-9-11-13-15-17-19-21-23-25-27-29-31-33-43-53-45-48(52-41-39-50(40-42-52)37-38-51-36-35-49-47-51)46-54-44-34-32-30-28-26-24-22-20-18-16-14-12-10-8-6-4-2/h11-14,17-20,35-36,47-48H,3-10,15-16,21-34,37-46H2,1-2H3. The van der Waals surface area contributed by atoms with E-state index in [2.05, 4.69) is 88.0 Å². The Balaban J connectivity index is 1.52. The number of aromatic nitrogens is 2. The van der Waals surface area contributed by atoms with Crippen LogP contribution in [0.4, 0.5) is 0 Å². The number of ether oxygens (including phenoxy) is 2. The maximum absolute atomic E-state index is 6.31. The molecule has 6 nitrogen and oxygen atoms in total. The highest BCUT2D eigenvalue weighted by Gasteiger charge is 2.24. The largest absolute Gasteiger partial charge is 0.380 e. The second-order valence-electron chi connectivity index (χ2n) is 15.7. The Bertz CT molecular complexity index is 960. The Hall–Kier alpha value is -1.99. The summed E-state index contributed by atoms with van der Waals surface area (Å²) in [4.78, 5) is 9.41. The van der Waals surface area contributed by atoms with Crippen molar-refractivity contribution in [3.05, 3.63) is 67.3 Å². The second-order valence-corrected chi connectivity index (χ2v) is 15.7. The first-order valence-electron chi connectivity index (χ1n) is 23.0. The molecular weight excluding hydrogens is 665 g/mol. The van der Waals surface area contributed by atoms with E-state index in [0.29, 0.717) is 6.04 Å². The maximum atomic E-state index is 6.31. The summed E-state index contributed by atoms with van der Waals surface area (Å²) < 4.78 is 14.8. The number of allylic oxidation sites excluding steroid dienone is 8. The normalized spacial score (nSPS) is 15.3. The lowest BCUT2D eigenvalue weighted by Gasteiger charge is -2.39. The number of nitrogens with zero attached hydrogens (tertiary/aromatic N) is 4. The van der Waals surface area contributed by atoms with Crippen molar-refractivity contribution >= 4 is 0 Å². The first-order valence-corrected chi connectivity index (χ1v) is 23.0. The van der Waals surface area contributed by atoms with Gasteiger partial charge in [-0.25, -0.2) is 4.98 Å². The zero-order valence-corrected chi connectivity index (χ0v) is 35.6. The van der Waals surface area contributed by atoms with Crippen LogP contribution >= 0.6 is 0 Å². The van der Waals surface area contributed by atoms with Crippen molar-refractivity contribution < 1.29 is 9.47 Å². The van der Waals surface area contributed by atoms with E-state index < -0.39 is 0 Å². The van der Waals surface area contributed by atoms with Crippen LogP contribution < -0.4 is 0 Å². The molecule has 0 N–H and O–H groups in total. The quantitative estimate of drug-likeness (QED) is 0.0497. The molecule has 0 aliphatic carbocycles. The molecule has 0 aromatic carbocycles. The van der Waals surface area contributed by atoms with Crippen molar-refractivity contribution in [2.24, 2.45) is 0 Å². The fourth-order valence-electron chi connectivity index (χ4n) is 7.11. The molecule has 0 unspecified atom stereocenters. The average Bonchev–Trinajstić information content (AvgIpc) is 3.72. The molecule has 1 aliphatic rings. The van der Waals surface area contributed by atoms with E-state index in [-0.39, 0.29) is 0 Å². The molecule has 0 spiro atoms. The number of imidazole rings is 1. The Kier molecular flexibility index (Phi) is 33.8. The topological polar surface area (TPSA) is 42.8 Å². The molecule has 0 atom stereocenters. The van der Waals surface area contributed by atoms with Crippen molar-refractivity contribution in [1.29, 1.82) is 0 Å². The van der Waals surface area contributed by atoms with Crippen molar-refractivity contribution in [3.63, 3.8) is 0 Å². The van der Waals surface area contributed by atoms with Gasteiger partial charge in [-0.05, 0) is 77.0 Å². The summed E-state index contributed by atoms with van der Waals surface area (Å²) in [6, 6.07) is 0.356. The summed E-state index contributed by atoms with van der Waals surface area (Å²) in [7, 11) is 0. The van der Waals surface area contributed by atoms with Crippen LogP contribution in [0.3, 0.4) is 0 Å². The molecular formula is C48H86N4O2. The lowest BCUT2D eigenvalue weighted by atomic mass is 10.1. The van der Waals surface area contributed by atoms with Gasteiger partial charge >= 0.3 is 0 Å². The predicted octanol–water partition coefficient (Wildman–Crippen LogP) is 12.5. The van der Waals surface area contributed by atoms with Crippen LogP contribution in [-0.4, -0.2) is 84.5 Å². The number of rotatable bonds is 38. The Morgan fingerprint density at radius 1 is 0.519 bits per heavy atom. The maximum Gasteiger partial charge on any atom is 0.0946 e. The van der Waals surface area contributed by atoms with Crippen molar-refractivity contribution in [2.75, 3.05) is 59.2 Å². The summed E-state index contributed by atoms with van der Waals surface area (Å²) >= 11 is 0. The molecule has 1 aliphatic heterocycles. The van der Waals surface area contributed by atoms with Gasteiger partial charge in [0.05, 0.1) is 25.6 Å². The lowest BCUT2D eigenvalue weighted by Crippen LogP contribution is -2.53. The fraction of sp³-hybridized carbons (Fsp3) is 0.771. The molecule has 0 radical (unpaired) electrons. The van der Waals surface area contributed by atoms with E-state index in [1.165, 1.54) is 141 Å². The number of piperazine rings is 1. The van der Waals surface area contributed by atoms with Gasteiger partial charge in [-0.15, -0.1) is 0 Å². The third kappa shape index (κ3) is 29.3. The van der Waals surface area contributed by atoms with Gasteiger partial charge in [0.2, 0.25) is 0 Å². The zero-order chi connectivity index (χ0) is 38.3. The molecule has 54 heavy (non-hydrogen) atoms. The summed E-state index contributed by atoms with van der Waals surface area (Å²) in [6.07, 6.45) is 55.4. The van der Waals surface area contributed by atoms with Crippen molar-refractivity contribution in [2.45, 2.75) is 181 Å². The molecule has 1 fully saturated rings. The Morgan fingerprint density at radius 2 is 0.963 bits per heavy atom. The molecule has 1 aromatic heterocycles. The van der Waals surface area contributed by atoms with Crippen LogP contribution in [0.5, 0.6) is 0 Å². The summed E-state index contributed by atoms with van der Waals surface area (Å²) in [5.74, 6) is 0. The Morgan fingerprint density at radius 3 is 1.41 bits per heavy atom. The van der Waals surface area contributed by atoms with Crippen molar-refractivity contribution in [1.82, 2.24) is 19.4 Å². The fourth-order valence-corrected chi connectivity index (χ4v) is 7.11. The average molecular weight is 751 g/mol. The van der Waals surface area contributed by atoms with Crippen molar-refractivity contribution in [3.8, 4) is 0 Å². The van der Waals surface area contributed by atoms with E-state index in [1.807, 2.05) is 12.5 Å². The van der Waals surface area contributed by atoms with Gasteiger partial charge in [0, 0.05) is 64.9 Å². The minimum Gasteiger partial charge on any atom is -0.380 e. The molecule has 2 rings (SSSR count). The number of hydrogen-bond acceptors (Lipinski definition) is 5. The van der Waals surface area contributed by atoms with Gasteiger partial charge in [0.25, 0.3) is 0 Å². The van der Waals surface area contributed by atoms with E-state index in [1.54, 1.807) is 0 Å². The molecule has 0 bridgehead atoms. The number of hydrogen-bond donors (Lipinski definition) is 0. The number of unbranched alkanes of at least 4 members (excludes halogenated alkanes) is 18. The van der Waals surface area contributed by atoms with Crippen LogP contribution in [0.2, 0.25) is 0 Å². The third-order valence-corrected chi connectivity index (χ3v) is 10.8. The van der Waals surface area contributed by atoms with Gasteiger partial charge in [-0.1, -0.05) is 140 Å². The zero-order valence-electron chi connectivity index (χ0n) is 35.6. The van der Waals surface area contributed by atoms with Gasteiger partial charge in [0.1, 0.15) is 0 Å². The smallest absolute Gasteiger partial charge is 0.0946 e. The Labute approximate surface area is 334 Å². The molecule has 310 valence electrons. The summed E-state index contributed by atoms with van der Waals surface area (Å²) in [6.45, 7) is 14.4. The first-order chi connectivity index (χ1) is 26.8. The van der Waals surface area contributed by atoms with Crippen LogP contribution in [0.15, 0.2) is 67.3 Å². The molecule has 6 heteroatoms. The van der Waals surface area contributed by atoms with Crippen LogP contribution in [0, 0.1) is 0 Å². The monoisotopic (exact) mass is 751 g/mol. The molecule has 1 aromatic rings. The SMILES string of the molecule is CCCCCC=CCC=CCCCCCCCCOCC(COCCCCCCCCC=CCC=CCCCCC)N1CCN(CCn2ccnc2)CC1. The molecule has 2 heterocycles. The van der Waals surface area contributed by atoms with Gasteiger partial charge in [0.15, 0.2) is 0 Å². The van der Waals surface area contributed by atoms with Crippen LogP contribution in [0.1, 0.15) is 168 Å². The minimum atomic E-state index is 0.356. The van der Waals surface area contributed by atoms with Gasteiger partial charge in [-0.2, -0.15) is 0 Å². The van der Waals surface area contributed by atoms with E-state index in [4.69, 9.17) is 9.47 Å². The molecule has 1 saturated heterocycles. The first kappa shape index (κ1) is 48.2. The van der Waals surface area contributed by atoms with E-state index in [9.17, 15) is 0 Å².